The fourth-order valence-electron chi connectivity index (χ4n) is 2.51. The zero-order chi connectivity index (χ0) is 19.3. The first-order chi connectivity index (χ1) is 12.4. The van der Waals surface area contributed by atoms with Crippen LogP contribution in [0.25, 0.3) is 10.8 Å². The molecule has 0 radical (unpaired) electrons. The third-order valence-corrected chi connectivity index (χ3v) is 3.56. The van der Waals surface area contributed by atoms with Crippen molar-refractivity contribution in [2.24, 2.45) is 4.99 Å². The Balaban J connectivity index is 2.64. The summed E-state index contributed by atoms with van der Waals surface area (Å²) in [5, 5.41) is 4.96. The lowest BCUT2D eigenvalue weighted by atomic mass is 10.1. The summed E-state index contributed by atoms with van der Waals surface area (Å²) in [5.41, 5.74) is 1.14. The molecule has 0 saturated carbocycles. The molecule has 0 saturated heterocycles. The Morgan fingerprint density at radius 3 is 2.42 bits per heavy atom. The fraction of sp³-hybridized carbons (Fsp3) is 0.400. The van der Waals surface area contributed by atoms with Gasteiger partial charge in [-0.1, -0.05) is 5.57 Å². The van der Waals surface area contributed by atoms with Crippen molar-refractivity contribution in [3.05, 3.63) is 29.8 Å². The van der Waals surface area contributed by atoms with Crippen LogP contribution in [-0.2, 0) is 0 Å². The third kappa shape index (κ3) is 4.65. The van der Waals surface area contributed by atoms with Crippen molar-refractivity contribution in [3.63, 3.8) is 0 Å². The zero-order valence-electron chi connectivity index (χ0n) is 16.5. The fourth-order valence-corrected chi connectivity index (χ4v) is 2.51. The number of anilines is 1. The van der Waals surface area contributed by atoms with Gasteiger partial charge in [0.2, 0.25) is 5.88 Å². The quantitative estimate of drug-likeness (QED) is 0.611. The standard InChI is InChI=1S/C20H27N3O3/c1-12(2)8-17(21-5)22-18-10-14-9-15(24-6)11-16(25-7)19(14)20(23-18)26-13(3)4/h8-11,13H,1-7H3,(H,21,22,23). The second-order valence-corrected chi connectivity index (χ2v) is 6.36. The van der Waals surface area contributed by atoms with Gasteiger partial charge in [-0.05, 0) is 51.3 Å². The summed E-state index contributed by atoms with van der Waals surface area (Å²) in [5.74, 6) is 3.23. The van der Waals surface area contributed by atoms with Crippen LogP contribution in [0.3, 0.4) is 0 Å². The largest absolute Gasteiger partial charge is 0.497 e. The molecule has 26 heavy (non-hydrogen) atoms. The van der Waals surface area contributed by atoms with Crippen LogP contribution in [0.15, 0.2) is 34.8 Å². The third-order valence-electron chi connectivity index (χ3n) is 3.56. The lowest BCUT2D eigenvalue weighted by Gasteiger charge is -2.17. The number of benzene rings is 1. The van der Waals surface area contributed by atoms with E-state index in [4.69, 9.17) is 14.2 Å². The molecule has 1 aromatic carbocycles. The molecule has 0 aliphatic heterocycles. The molecule has 1 aromatic heterocycles. The summed E-state index contributed by atoms with van der Waals surface area (Å²) in [6, 6.07) is 5.69. The maximum absolute atomic E-state index is 5.95. The number of ether oxygens (including phenoxy) is 3. The highest BCUT2D eigenvalue weighted by molar-refractivity contribution is 6.05. The molecule has 1 heterocycles. The highest BCUT2D eigenvalue weighted by atomic mass is 16.5. The van der Waals surface area contributed by atoms with E-state index < -0.39 is 0 Å². The molecular weight excluding hydrogens is 330 g/mol. The maximum atomic E-state index is 5.95. The minimum Gasteiger partial charge on any atom is -0.497 e. The van der Waals surface area contributed by atoms with Gasteiger partial charge >= 0.3 is 0 Å². The van der Waals surface area contributed by atoms with E-state index in [9.17, 15) is 0 Å². The SMILES string of the molecule is C/N=C(\C=C(C)C)Nc1cc2cc(OC)cc(OC)c2c(OC(C)C)n1. The molecular formula is C20H27N3O3. The van der Waals surface area contributed by atoms with Crippen LogP contribution in [0, 0.1) is 0 Å². The summed E-state index contributed by atoms with van der Waals surface area (Å²) in [4.78, 5) is 8.90. The van der Waals surface area contributed by atoms with Crippen LogP contribution in [0.5, 0.6) is 17.4 Å². The molecule has 1 N–H and O–H groups in total. The number of aromatic nitrogens is 1. The van der Waals surface area contributed by atoms with E-state index in [1.54, 1.807) is 21.3 Å². The van der Waals surface area contributed by atoms with Gasteiger partial charge in [-0.2, -0.15) is 4.98 Å². The van der Waals surface area contributed by atoms with Gasteiger partial charge in [-0.25, -0.2) is 0 Å². The van der Waals surface area contributed by atoms with Crippen LogP contribution in [0.2, 0.25) is 0 Å². The van der Waals surface area contributed by atoms with Crippen LogP contribution in [0.4, 0.5) is 5.82 Å². The van der Waals surface area contributed by atoms with Gasteiger partial charge in [0, 0.05) is 13.1 Å². The normalized spacial score (nSPS) is 11.5. The first kappa shape index (κ1) is 19.6. The number of hydrogen-bond acceptors (Lipinski definition) is 5. The van der Waals surface area contributed by atoms with Crippen LogP contribution < -0.4 is 19.5 Å². The minimum atomic E-state index is -0.0233. The van der Waals surface area contributed by atoms with Crippen molar-refractivity contribution in [2.75, 3.05) is 26.6 Å². The second kappa shape index (κ2) is 8.56. The van der Waals surface area contributed by atoms with E-state index in [-0.39, 0.29) is 6.10 Å². The number of hydrogen-bond donors (Lipinski definition) is 1. The van der Waals surface area contributed by atoms with Crippen molar-refractivity contribution >= 4 is 22.4 Å². The average Bonchev–Trinajstić information content (AvgIpc) is 2.58. The maximum Gasteiger partial charge on any atom is 0.227 e. The molecule has 0 atom stereocenters. The lowest BCUT2D eigenvalue weighted by Crippen LogP contribution is -2.13. The molecule has 140 valence electrons. The number of nitrogens with zero attached hydrogens (tertiary/aromatic N) is 2. The highest BCUT2D eigenvalue weighted by Gasteiger charge is 2.16. The van der Waals surface area contributed by atoms with Gasteiger partial charge in [0.1, 0.15) is 23.2 Å². The van der Waals surface area contributed by atoms with E-state index >= 15 is 0 Å². The Bertz CT molecular complexity index is 838. The number of nitrogens with one attached hydrogen (secondary N) is 1. The topological polar surface area (TPSA) is 65.0 Å². The number of allylic oxidation sites excluding steroid dienone is 1. The van der Waals surface area contributed by atoms with Gasteiger partial charge in [-0.15, -0.1) is 0 Å². The first-order valence-corrected chi connectivity index (χ1v) is 8.50. The first-order valence-electron chi connectivity index (χ1n) is 8.50. The van der Waals surface area contributed by atoms with Gasteiger partial charge in [0.15, 0.2) is 0 Å². The molecule has 2 rings (SSSR count). The van der Waals surface area contributed by atoms with E-state index in [1.165, 1.54) is 0 Å². The van der Waals surface area contributed by atoms with Crippen molar-refractivity contribution < 1.29 is 14.2 Å². The Kier molecular flexibility index (Phi) is 6.44. The molecule has 6 heteroatoms. The molecule has 0 aliphatic rings. The van der Waals surface area contributed by atoms with Crippen molar-refractivity contribution in [3.8, 4) is 17.4 Å². The van der Waals surface area contributed by atoms with Crippen LogP contribution >= 0.6 is 0 Å². The van der Waals surface area contributed by atoms with Gasteiger partial charge < -0.3 is 19.5 Å². The average molecular weight is 357 g/mol. The molecule has 0 aliphatic carbocycles. The zero-order valence-corrected chi connectivity index (χ0v) is 16.5. The lowest BCUT2D eigenvalue weighted by molar-refractivity contribution is 0.236. The number of rotatable bonds is 6. The molecule has 0 unspecified atom stereocenters. The Labute approximate surface area is 154 Å². The number of aliphatic imine (C=N–C) groups is 1. The molecule has 0 spiro atoms. The minimum absolute atomic E-state index is 0.0233. The number of pyridine rings is 1. The van der Waals surface area contributed by atoms with Crippen molar-refractivity contribution in [1.82, 2.24) is 4.98 Å². The van der Waals surface area contributed by atoms with Gasteiger partial charge in [0.25, 0.3) is 0 Å². The Morgan fingerprint density at radius 2 is 1.88 bits per heavy atom. The van der Waals surface area contributed by atoms with E-state index in [2.05, 4.69) is 15.3 Å². The second-order valence-electron chi connectivity index (χ2n) is 6.36. The molecule has 6 nitrogen and oxygen atoms in total. The summed E-state index contributed by atoms with van der Waals surface area (Å²) >= 11 is 0. The Hall–Kier alpha value is -2.76. The number of fused-ring (bicyclic) bond motifs is 1. The van der Waals surface area contributed by atoms with E-state index in [0.717, 1.165) is 22.2 Å². The summed E-state index contributed by atoms with van der Waals surface area (Å²) < 4.78 is 16.9. The summed E-state index contributed by atoms with van der Waals surface area (Å²) in [6.45, 7) is 7.96. The Morgan fingerprint density at radius 1 is 1.15 bits per heavy atom. The predicted octanol–water partition coefficient (Wildman–Crippen LogP) is 4.45. The van der Waals surface area contributed by atoms with Crippen LogP contribution in [-0.4, -0.2) is 38.2 Å². The van der Waals surface area contributed by atoms with Gasteiger partial charge in [0.05, 0.1) is 25.7 Å². The summed E-state index contributed by atoms with van der Waals surface area (Å²) in [7, 11) is 4.99. The smallest absolute Gasteiger partial charge is 0.227 e. The highest BCUT2D eigenvalue weighted by Crippen LogP contribution is 2.38. The van der Waals surface area contributed by atoms with Crippen LogP contribution in [0.1, 0.15) is 27.7 Å². The number of amidine groups is 1. The van der Waals surface area contributed by atoms with E-state index in [0.29, 0.717) is 23.2 Å². The molecule has 0 fully saturated rings. The predicted molar refractivity (Wildman–Crippen MR) is 107 cm³/mol. The molecule has 0 amide bonds. The van der Waals surface area contributed by atoms with Crippen molar-refractivity contribution in [1.29, 1.82) is 0 Å². The molecule has 2 aromatic rings. The molecule has 0 bridgehead atoms. The van der Waals surface area contributed by atoms with E-state index in [1.807, 2.05) is 52.0 Å². The van der Waals surface area contributed by atoms with Crippen molar-refractivity contribution in [2.45, 2.75) is 33.8 Å². The summed E-state index contributed by atoms with van der Waals surface area (Å²) in [6.07, 6.45) is 1.94. The van der Waals surface area contributed by atoms with Gasteiger partial charge in [-0.3, -0.25) is 4.99 Å². The monoisotopic (exact) mass is 357 g/mol. The number of methoxy groups -OCH3 is 2.